The van der Waals surface area contributed by atoms with Crippen LogP contribution < -0.4 is 10.6 Å². The Bertz CT molecular complexity index is 910. The van der Waals surface area contributed by atoms with Crippen LogP contribution in [-0.2, 0) is 14.3 Å². The van der Waals surface area contributed by atoms with Gasteiger partial charge in [-0.25, -0.2) is 4.79 Å². The Morgan fingerprint density at radius 2 is 1.81 bits per heavy atom. The summed E-state index contributed by atoms with van der Waals surface area (Å²) in [4.78, 5) is 45.6. The van der Waals surface area contributed by atoms with Crippen molar-refractivity contribution in [1.82, 2.24) is 0 Å². The molecule has 27 heavy (non-hydrogen) atoms. The van der Waals surface area contributed by atoms with E-state index in [0.29, 0.717) is 11.3 Å². The van der Waals surface area contributed by atoms with E-state index in [1.54, 1.807) is 25.1 Å². The van der Waals surface area contributed by atoms with E-state index in [9.17, 15) is 24.5 Å². The number of ether oxygens (including phenoxy) is 1. The van der Waals surface area contributed by atoms with Crippen LogP contribution in [0.2, 0.25) is 0 Å². The van der Waals surface area contributed by atoms with Crippen LogP contribution in [0.15, 0.2) is 42.5 Å². The molecule has 2 aromatic rings. The molecular formula is C18H17N3O6. The van der Waals surface area contributed by atoms with Gasteiger partial charge in [-0.05, 0) is 30.7 Å². The summed E-state index contributed by atoms with van der Waals surface area (Å²) >= 11 is 0. The standard InChI is InChI=1S/C18H17N3O6/c1-11-5-3-8-15(21(25)26)17(11)20-16(23)10-27-18(24)13-6-4-7-14(9-13)19-12(2)22/h3-9H,10H2,1-2H3,(H,19,22)(H,20,23). The molecular weight excluding hydrogens is 354 g/mol. The third kappa shape index (κ3) is 5.36. The molecule has 0 bridgehead atoms. The number of amides is 2. The Hall–Kier alpha value is -3.75. The first-order valence-electron chi connectivity index (χ1n) is 7.86. The van der Waals surface area contributed by atoms with E-state index < -0.39 is 23.4 Å². The van der Waals surface area contributed by atoms with Crippen LogP contribution in [0.25, 0.3) is 0 Å². The summed E-state index contributed by atoms with van der Waals surface area (Å²) in [6, 6.07) is 10.4. The predicted octanol–water partition coefficient (Wildman–Crippen LogP) is 2.66. The van der Waals surface area contributed by atoms with Gasteiger partial charge in [0.2, 0.25) is 5.91 Å². The van der Waals surface area contributed by atoms with Crippen LogP contribution >= 0.6 is 0 Å². The monoisotopic (exact) mass is 371 g/mol. The number of benzene rings is 2. The summed E-state index contributed by atoms with van der Waals surface area (Å²) in [6.07, 6.45) is 0. The summed E-state index contributed by atoms with van der Waals surface area (Å²) in [7, 11) is 0. The highest BCUT2D eigenvalue weighted by molar-refractivity contribution is 5.98. The number of esters is 1. The summed E-state index contributed by atoms with van der Waals surface area (Å²) in [5, 5.41) is 16.0. The average Bonchev–Trinajstić information content (AvgIpc) is 2.60. The zero-order chi connectivity index (χ0) is 20.0. The van der Waals surface area contributed by atoms with Crippen LogP contribution in [0.1, 0.15) is 22.8 Å². The maximum absolute atomic E-state index is 12.1. The van der Waals surface area contributed by atoms with Gasteiger partial charge in [0.25, 0.3) is 11.6 Å². The van der Waals surface area contributed by atoms with Crippen LogP contribution in [0.3, 0.4) is 0 Å². The third-order valence-electron chi connectivity index (χ3n) is 3.46. The fourth-order valence-corrected chi connectivity index (χ4v) is 2.28. The second-order valence-corrected chi connectivity index (χ2v) is 5.61. The van der Waals surface area contributed by atoms with Gasteiger partial charge in [-0.3, -0.25) is 19.7 Å². The van der Waals surface area contributed by atoms with Crippen molar-refractivity contribution in [2.24, 2.45) is 0 Å². The fourth-order valence-electron chi connectivity index (χ4n) is 2.28. The number of nitro benzene ring substituents is 1. The fraction of sp³-hybridized carbons (Fsp3) is 0.167. The Morgan fingerprint density at radius 1 is 1.11 bits per heavy atom. The number of carbonyl (C=O) groups is 3. The smallest absolute Gasteiger partial charge is 0.338 e. The lowest BCUT2D eigenvalue weighted by Crippen LogP contribution is -2.22. The molecule has 0 saturated heterocycles. The highest BCUT2D eigenvalue weighted by Gasteiger charge is 2.18. The summed E-state index contributed by atoms with van der Waals surface area (Å²) in [5.41, 5.74) is 0.869. The van der Waals surface area contributed by atoms with Gasteiger partial charge >= 0.3 is 5.97 Å². The van der Waals surface area contributed by atoms with E-state index >= 15 is 0 Å². The molecule has 2 aromatic carbocycles. The third-order valence-corrected chi connectivity index (χ3v) is 3.46. The lowest BCUT2D eigenvalue weighted by molar-refractivity contribution is -0.384. The molecule has 0 aliphatic rings. The minimum absolute atomic E-state index is 0.0520. The highest BCUT2D eigenvalue weighted by atomic mass is 16.6. The quantitative estimate of drug-likeness (QED) is 0.456. The van der Waals surface area contributed by atoms with Gasteiger partial charge in [0.1, 0.15) is 5.69 Å². The zero-order valence-corrected chi connectivity index (χ0v) is 14.6. The number of anilines is 2. The van der Waals surface area contributed by atoms with Crippen molar-refractivity contribution in [3.05, 3.63) is 63.7 Å². The Morgan fingerprint density at radius 3 is 2.48 bits per heavy atom. The van der Waals surface area contributed by atoms with Gasteiger partial charge in [-0.1, -0.05) is 18.2 Å². The average molecular weight is 371 g/mol. The van der Waals surface area contributed by atoms with Crippen molar-refractivity contribution in [3.8, 4) is 0 Å². The number of carbonyl (C=O) groups excluding carboxylic acids is 3. The number of hydrogen-bond acceptors (Lipinski definition) is 6. The number of nitrogens with zero attached hydrogens (tertiary/aromatic N) is 1. The molecule has 0 spiro atoms. The largest absolute Gasteiger partial charge is 0.452 e. The van der Waals surface area contributed by atoms with Crippen molar-refractivity contribution < 1.29 is 24.0 Å². The number of rotatable bonds is 6. The first-order chi connectivity index (χ1) is 12.8. The van der Waals surface area contributed by atoms with Gasteiger partial charge in [0, 0.05) is 18.7 Å². The van der Waals surface area contributed by atoms with E-state index in [2.05, 4.69) is 10.6 Å². The van der Waals surface area contributed by atoms with E-state index in [0.717, 1.165) is 0 Å². The van der Waals surface area contributed by atoms with E-state index in [-0.39, 0.29) is 22.8 Å². The van der Waals surface area contributed by atoms with Gasteiger partial charge in [-0.15, -0.1) is 0 Å². The summed E-state index contributed by atoms with van der Waals surface area (Å²) < 4.78 is 4.93. The number of hydrogen-bond donors (Lipinski definition) is 2. The van der Waals surface area contributed by atoms with Crippen LogP contribution in [-0.4, -0.2) is 29.3 Å². The molecule has 0 aromatic heterocycles. The number of aryl methyl sites for hydroxylation is 1. The maximum Gasteiger partial charge on any atom is 0.338 e. The molecule has 0 heterocycles. The predicted molar refractivity (Wildman–Crippen MR) is 97.5 cm³/mol. The summed E-state index contributed by atoms with van der Waals surface area (Å²) in [5.74, 6) is -1.77. The van der Waals surface area contributed by atoms with Crippen molar-refractivity contribution in [1.29, 1.82) is 0 Å². The maximum atomic E-state index is 12.1. The van der Waals surface area contributed by atoms with E-state index in [1.165, 1.54) is 31.2 Å². The molecule has 0 aliphatic carbocycles. The lowest BCUT2D eigenvalue weighted by Gasteiger charge is -2.10. The molecule has 0 aliphatic heterocycles. The SMILES string of the molecule is CC(=O)Nc1cccc(C(=O)OCC(=O)Nc2c(C)cccc2[N+](=O)[O-])c1. The second kappa shape index (κ2) is 8.56. The Balaban J connectivity index is 2.01. The minimum Gasteiger partial charge on any atom is -0.452 e. The molecule has 9 nitrogen and oxygen atoms in total. The van der Waals surface area contributed by atoms with Gasteiger partial charge < -0.3 is 15.4 Å². The van der Waals surface area contributed by atoms with Gasteiger partial charge in [-0.2, -0.15) is 0 Å². The van der Waals surface area contributed by atoms with Gasteiger partial charge in [0.15, 0.2) is 6.61 Å². The molecule has 2 N–H and O–H groups in total. The van der Waals surface area contributed by atoms with Gasteiger partial charge in [0.05, 0.1) is 10.5 Å². The Labute approximate surface area is 154 Å². The summed E-state index contributed by atoms with van der Waals surface area (Å²) in [6.45, 7) is 2.33. The normalized spacial score (nSPS) is 10.0. The molecule has 0 saturated carbocycles. The molecule has 0 atom stereocenters. The zero-order valence-electron chi connectivity index (χ0n) is 14.6. The molecule has 0 unspecified atom stereocenters. The van der Waals surface area contributed by atoms with Crippen molar-refractivity contribution in [2.75, 3.05) is 17.2 Å². The van der Waals surface area contributed by atoms with Crippen molar-refractivity contribution >= 4 is 34.8 Å². The van der Waals surface area contributed by atoms with E-state index in [4.69, 9.17) is 4.74 Å². The Kier molecular flexibility index (Phi) is 6.21. The topological polar surface area (TPSA) is 128 Å². The van der Waals surface area contributed by atoms with Crippen LogP contribution in [0, 0.1) is 17.0 Å². The van der Waals surface area contributed by atoms with Crippen molar-refractivity contribution in [2.45, 2.75) is 13.8 Å². The number of para-hydroxylation sites is 1. The highest BCUT2D eigenvalue weighted by Crippen LogP contribution is 2.27. The lowest BCUT2D eigenvalue weighted by atomic mass is 10.1. The van der Waals surface area contributed by atoms with Crippen LogP contribution in [0.5, 0.6) is 0 Å². The molecule has 0 fully saturated rings. The first-order valence-corrected chi connectivity index (χ1v) is 7.86. The molecule has 9 heteroatoms. The molecule has 0 radical (unpaired) electrons. The minimum atomic E-state index is -0.767. The van der Waals surface area contributed by atoms with Crippen molar-refractivity contribution in [3.63, 3.8) is 0 Å². The first kappa shape index (κ1) is 19.6. The number of nitro groups is 1. The van der Waals surface area contributed by atoms with Crippen LogP contribution in [0.4, 0.5) is 17.1 Å². The molecule has 2 rings (SSSR count). The molecule has 2 amide bonds. The number of nitrogens with one attached hydrogen (secondary N) is 2. The molecule has 140 valence electrons. The van der Waals surface area contributed by atoms with E-state index in [1.807, 2.05) is 0 Å². The second-order valence-electron chi connectivity index (χ2n) is 5.61.